The third-order valence-corrected chi connectivity index (χ3v) is 12.9. The van der Waals surface area contributed by atoms with Gasteiger partial charge in [-0.05, 0) is 0 Å². The van der Waals surface area contributed by atoms with Crippen LogP contribution in [0.15, 0.2) is 121 Å². The SMILES string of the molecule is CC1(C)c2cccc(c2)Oc2cccc(c2)C(C)(C)N2[C]3=[Pt]=[C]4N(CN3c3c(-c5ccccc5)cccc32)c2ccccc2N41. The fourth-order valence-electron chi connectivity index (χ4n) is 7.25. The van der Waals surface area contributed by atoms with E-state index in [1.165, 1.54) is 53.3 Å². The summed E-state index contributed by atoms with van der Waals surface area (Å²) in [6.07, 6.45) is 0. The van der Waals surface area contributed by atoms with Gasteiger partial charge in [0.25, 0.3) is 0 Å². The van der Waals surface area contributed by atoms with Gasteiger partial charge < -0.3 is 0 Å². The number of hydrogen-bond acceptors (Lipinski definition) is 5. The Labute approximate surface area is 272 Å². The molecule has 0 spiro atoms. The molecule has 0 N–H and O–H groups in total. The van der Waals surface area contributed by atoms with Gasteiger partial charge in [-0.15, -0.1) is 0 Å². The maximum atomic E-state index is 6.59. The first kappa shape index (κ1) is 26.9. The number of para-hydroxylation sites is 3. The molecule has 0 saturated heterocycles. The van der Waals surface area contributed by atoms with Gasteiger partial charge in [0.2, 0.25) is 0 Å². The van der Waals surface area contributed by atoms with Crippen molar-refractivity contribution in [2.45, 2.75) is 38.8 Å². The second-order valence-corrected chi connectivity index (χ2v) is 15.6. The Morgan fingerprint density at radius 3 is 1.80 bits per heavy atom. The van der Waals surface area contributed by atoms with Crippen LogP contribution in [-0.2, 0) is 28.7 Å². The molecule has 4 aliphatic heterocycles. The topological polar surface area (TPSA) is 22.2 Å². The average Bonchev–Trinajstić information content (AvgIpc) is 3.57. The fraction of sp³-hybridized carbons (Fsp3) is 0.179. The zero-order valence-electron chi connectivity index (χ0n) is 25.8. The Hall–Kier alpha value is -4.47. The summed E-state index contributed by atoms with van der Waals surface area (Å²) in [5.74, 6) is 1.72. The molecule has 4 aliphatic rings. The predicted octanol–water partition coefficient (Wildman–Crippen LogP) is 8.51. The number of ether oxygens (including phenoxy) is 1. The van der Waals surface area contributed by atoms with E-state index in [1.807, 2.05) is 0 Å². The van der Waals surface area contributed by atoms with Crippen molar-refractivity contribution in [3.63, 3.8) is 0 Å². The van der Waals surface area contributed by atoms with Gasteiger partial charge in [-0.25, -0.2) is 0 Å². The van der Waals surface area contributed by atoms with E-state index in [1.54, 1.807) is 0 Å². The standard InChI is InChI=1S/C39H34N4O.Pt/c1-38(2)29-15-10-17-31(23-29)44-32-18-11-16-30(24-32)39(3,4)43-27-41(25-40-26-42(38)35-21-9-8-20-34(35)40)37-33(19-12-22-36(37)43)28-13-6-5-7-14-28;/h5-24H,25H2,1-4H3;. The molecule has 5 nitrogen and oxygen atoms in total. The monoisotopic (exact) mass is 769 g/mol. The van der Waals surface area contributed by atoms with Crippen molar-refractivity contribution in [2.24, 2.45) is 0 Å². The van der Waals surface area contributed by atoms with Gasteiger partial charge in [0.1, 0.15) is 0 Å². The molecule has 0 unspecified atom stereocenters. The summed E-state index contributed by atoms with van der Waals surface area (Å²) in [4.78, 5) is 10.5. The molecule has 6 bridgehead atoms. The van der Waals surface area contributed by atoms with Crippen LogP contribution in [0.25, 0.3) is 11.1 Å². The van der Waals surface area contributed by atoms with Crippen LogP contribution in [0.1, 0.15) is 38.8 Å². The van der Waals surface area contributed by atoms with Crippen molar-refractivity contribution in [1.82, 2.24) is 0 Å². The normalized spacial score (nSPS) is 18.5. The number of nitrogens with zero attached hydrogens (tertiary/aromatic N) is 4. The van der Waals surface area contributed by atoms with Gasteiger partial charge in [0.15, 0.2) is 0 Å². The molecule has 0 amide bonds. The van der Waals surface area contributed by atoms with Gasteiger partial charge in [-0.2, -0.15) is 0 Å². The number of fused-ring (bicyclic) bond motifs is 10. The molecule has 0 aromatic heterocycles. The number of anilines is 4. The van der Waals surface area contributed by atoms with Crippen LogP contribution >= 0.6 is 0 Å². The summed E-state index contributed by atoms with van der Waals surface area (Å²) >= 11 is -0.650. The average molecular weight is 770 g/mol. The predicted molar refractivity (Wildman–Crippen MR) is 182 cm³/mol. The molecule has 5 aromatic rings. The Bertz CT molecular complexity index is 2100. The molecule has 0 aliphatic carbocycles. The molecule has 4 heterocycles. The fourth-order valence-corrected chi connectivity index (χ4v) is 11.5. The van der Waals surface area contributed by atoms with E-state index >= 15 is 0 Å². The minimum absolute atomic E-state index is 0.310. The van der Waals surface area contributed by atoms with Crippen molar-refractivity contribution < 1.29 is 22.4 Å². The zero-order chi connectivity index (χ0) is 30.5. The molecule has 0 saturated carbocycles. The van der Waals surface area contributed by atoms with E-state index in [9.17, 15) is 0 Å². The second-order valence-electron chi connectivity index (χ2n) is 13.0. The maximum absolute atomic E-state index is 6.59. The van der Waals surface area contributed by atoms with Crippen molar-refractivity contribution >= 4 is 31.0 Å². The molecule has 0 fully saturated rings. The molecule has 5 aromatic carbocycles. The van der Waals surface area contributed by atoms with Crippen LogP contribution in [0.5, 0.6) is 11.5 Å². The first-order valence-electron chi connectivity index (χ1n) is 15.5. The first-order chi connectivity index (χ1) is 21.8. The van der Waals surface area contributed by atoms with E-state index in [2.05, 4.69) is 169 Å². The van der Waals surface area contributed by atoms with Crippen LogP contribution in [0.2, 0.25) is 0 Å². The Kier molecular flexibility index (Phi) is 5.69. The van der Waals surface area contributed by atoms with E-state index in [0.29, 0.717) is 0 Å². The van der Waals surface area contributed by atoms with Gasteiger partial charge >= 0.3 is 274 Å². The van der Waals surface area contributed by atoms with E-state index < -0.39 is 17.6 Å². The number of rotatable bonds is 1. The van der Waals surface area contributed by atoms with Crippen molar-refractivity contribution in [1.29, 1.82) is 0 Å². The van der Waals surface area contributed by atoms with Gasteiger partial charge in [0, 0.05) is 0 Å². The summed E-state index contributed by atoms with van der Waals surface area (Å²) in [5.41, 5.74) is 9.42. The second kappa shape index (κ2) is 9.52. The third-order valence-electron chi connectivity index (χ3n) is 9.64. The molecule has 6 heteroatoms. The molecule has 226 valence electrons. The number of benzene rings is 5. The Balaban J connectivity index is 1.39. The summed E-state index contributed by atoms with van der Waals surface area (Å²) in [6.45, 7) is 10.2. The molecular formula is C39H34N4OPt. The summed E-state index contributed by atoms with van der Waals surface area (Å²) in [7, 11) is 0. The van der Waals surface area contributed by atoms with Crippen molar-refractivity contribution in [2.75, 3.05) is 26.3 Å². The van der Waals surface area contributed by atoms with Crippen LogP contribution in [0, 0.1) is 0 Å². The summed E-state index contributed by atoms with van der Waals surface area (Å²) in [5, 5.41) is 0. The third kappa shape index (κ3) is 3.83. The molecule has 45 heavy (non-hydrogen) atoms. The van der Waals surface area contributed by atoms with E-state index in [-0.39, 0.29) is 11.1 Å². The van der Waals surface area contributed by atoms with E-state index in [4.69, 9.17) is 4.74 Å². The van der Waals surface area contributed by atoms with E-state index in [0.717, 1.165) is 18.2 Å². The summed E-state index contributed by atoms with van der Waals surface area (Å²) in [6, 6.07) is 44.0. The quantitative estimate of drug-likeness (QED) is 0.170. The molecule has 0 atom stereocenters. The first-order valence-corrected chi connectivity index (χ1v) is 17.7. The summed E-state index contributed by atoms with van der Waals surface area (Å²) < 4.78 is 9.42. The van der Waals surface area contributed by atoms with Crippen LogP contribution in [0.4, 0.5) is 22.7 Å². The van der Waals surface area contributed by atoms with Crippen LogP contribution < -0.4 is 24.3 Å². The number of hydrogen-bond donors (Lipinski definition) is 0. The zero-order valence-corrected chi connectivity index (χ0v) is 28.0. The van der Waals surface area contributed by atoms with Gasteiger partial charge in [-0.3, -0.25) is 0 Å². The minimum atomic E-state index is -0.650. The van der Waals surface area contributed by atoms with Gasteiger partial charge in [-0.1, -0.05) is 0 Å². The van der Waals surface area contributed by atoms with Gasteiger partial charge in [0.05, 0.1) is 0 Å². The molecule has 0 radical (unpaired) electrons. The van der Waals surface area contributed by atoms with Crippen molar-refractivity contribution in [3.05, 3.63) is 132 Å². The molecular weight excluding hydrogens is 736 g/mol. The molecule has 9 rings (SSSR count). The van der Waals surface area contributed by atoms with Crippen LogP contribution in [0.3, 0.4) is 0 Å². The van der Waals surface area contributed by atoms with Crippen LogP contribution in [-0.4, -0.2) is 15.0 Å². The van der Waals surface area contributed by atoms with Crippen molar-refractivity contribution in [3.8, 4) is 22.6 Å². The Morgan fingerprint density at radius 1 is 0.556 bits per heavy atom. The Morgan fingerprint density at radius 2 is 1.11 bits per heavy atom.